The zero-order valence-corrected chi connectivity index (χ0v) is 11.8. The Kier molecular flexibility index (Phi) is 4.58. The molecule has 2 nitrogen and oxygen atoms in total. The van der Waals surface area contributed by atoms with E-state index in [1.807, 2.05) is 19.9 Å². The molecule has 0 aliphatic carbocycles. The van der Waals surface area contributed by atoms with E-state index >= 15 is 0 Å². The molecule has 0 aliphatic heterocycles. The van der Waals surface area contributed by atoms with Crippen LogP contribution in [-0.2, 0) is 0 Å². The van der Waals surface area contributed by atoms with Crippen LogP contribution in [0.25, 0.3) is 0 Å². The number of hydrogen-bond acceptors (Lipinski definition) is 3. The van der Waals surface area contributed by atoms with Crippen LogP contribution in [0.5, 0.6) is 0 Å². The van der Waals surface area contributed by atoms with Crippen molar-refractivity contribution in [2.75, 3.05) is 0 Å². The Morgan fingerprint density at radius 1 is 1.50 bits per heavy atom. The number of hydrogen-bond donors (Lipinski definition) is 1. The van der Waals surface area contributed by atoms with Gasteiger partial charge >= 0.3 is 0 Å². The largest absolute Gasteiger partial charge is 0.295 e. The Morgan fingerprint density at radius 3 is 2.50 bits per heavy atom. The van der Waals surface area contributed by atoms with E-state index < -0.39 is 0 Å². The molecule has 0 spiro atoms. The third kappa shape index (κ3) is 3.06. The normalized spacial score (nSPS) is 12.9. The van der Waals surface area contributed by atoms with Gasteiger partial charge in [0.2, 0.25) is 0 Å². The predicted molar refractivity (Wildman–Crippen MR) is 66.3 cm³/mol. The molecule has 0 amide bonds. The molecule has 14 heavy (non-hydrogen) atoms. The third-order valence-corrected chi connectivity index (χ3v) is 4.90. The molecule has 0 radical (unpaired) electrons. The fourth-order valence-electron chi connectivity index (χ4n) is 1.02. The monoisotopic (exact) mass is 336 g/mol. The zero-order valence-electron chi connectivity index (χ0n) is 7.84. The minimum atomic E-state index is -0.220. The Balaban J connectivity index is 2.85. The van der Waals surface area contributed by atoms with Crippen LogP contribution >= 0.6 is 43.2 Å². The van der Waals surface area contributed by atoms with Gasteiger partial charge in [-0.2, -0.15) is 5.26 Å². The van der Waals surface area contributed by atoms with Gasteiger partial charge in [0, 0.05) is 15.4 Å². The maximum Gasteiger partial charge on any atom is 0.130 e. The molecule has 1 atom stereocenters. The highest BCUT2D eigenvalue weighted by molar-refractivity contribution is 9.13. The van der Waals surface area contributed by atoms with Crippen molar-refractivity contribution in [3.8, 4) is 6.07 Å². The second kappa shape index (κ2) is 5.26. The molecule has 1 aromatic heterocycles. The summed E-state index contributed by atoms with van der Waals surface area (Å²) >= 11 is 8.39. The van der Waals surface area contributed by atoms with E-state index in [4.69, 9.17) is 5.26 Å². The van der Waals surface area contributed by atoms with Gasteiger partial charge in [-0.3, -0.25) is 5.32 Å². The van der Waals surface area contributed by atoms with E-state index in [-0.39, 0.29) is 6.04 Å². The number of nitriles is 1. The van der Waals surface area contributed by atoms with Crippen LogP contribution in [0.1, 0.15) is 24.8 Å². The first kappa shape index (κ1) is 12.2. The number of nitrogens with one attached hydrogen (secondary N) is 1. The topological polar surface area (TPSA) is 35.8 Å². The fourth-order valence-corrected chi connectivity index (χ4v) is 3.12. The van der Waals surface area contributed by atoms with Gasteiger partial charge in [-0.15, -0.1) is 11.3 Å². The van der Waals surface area contributed by atoms with Crippen LogP contribution in [0.15, 0.2) is 14.3 Å². The standard InChI is InChI=1S/C9H10Br2N2S/c1-5(2)13-7(4-12)8-3-6(10)9(11)14-8/h3,5,7,13H,1-2H3. The second-order valence-electron chi connectivity index (χ2n) is 3.15. The van der Waals surface area contributed by atoms with Crippen LogP contribution in [-0.4, -0.2) is 6.04 Å². The Labute approximate surface area is 105 Å². The summed E-state index contributed by atoms with van der Waals surface area (Å²) in [6.45, 7) is 4.06. The van der Waals surface area contributed by atoms with Crippen molar-refractivity contribution in [3.63, 3.8) is 0 Å². The molecule has 1 unspecified atom stereocenters. The average Bonchev–Trinajstić information content (AvgIpc) is 2.42. The molecule has 5 heteroatoms. The third-order valence-electron chi connectivity index (χ3n) is 1.58. The summed E-state index contributed by atoms with van der Waals surface area (Å²) in [5.41, 5.74) is 0. The fraction of sp³-hybridized carbons (Fsp3) is 0.444. The van der Waals surface area contributed by atoms with Gasteiger partial charge < -0.3 is 0 Å². The molecule has 1 heterocycles. The first-order chi connectivity index (χ1) is 6.54. The van der Waals surface area contributed by atoms with E-state index in [9.17, 15) is 0 Å². The summed E-state index contributed by atoms with van der Waals surface area (Å²) in [7, 11) is 0. The molecule has 1 rings (SSSR count). The quantitative estimate of drug-likeness (QED) is 0.909. The Bertz CT molecular complexity index is 335. The van der Waals surface area contributed by atoms with Gasteiger partial charge in [0.15, 0.2) is 0 Å². The summed E-state index contributed by atoms with van der Waals surface area (Å²) in [4.78, 5) is 1.03. The van der Waals surface area contributed by atoms with Crippen LogP contribution in [0.3, 0.4) is 0 Å². The zero-order chi connectivity index (χ0) is 10.7. The lowest BCUT2D eigenvalue weighted by molar-refractivity contribution is 0.551. The van der Waals surface area contributed by atoms with Crippen LogP contribution in [0.4, 0.5) is 0 Å². The van der Waals surface area contributed by atoms with Gasteiger partial charge in [-0.05, 0) is 51.8 Å². The van der Waals surface area contributed by atoms with E-state index in [0.29, 0.717) is 6.04 Å². The summed E-state index contributed by atoms with van der Waals surface area (Å²) in [5, 5.41) is 12.2. The van der Waals surface area contributed by atoms with Crippen LogP contribution in [0.2, 0.25) is 0 Å². The smallest absolute Gasteiger partial charge is 0.130 e. The minimum absolute atomic E-state index is 0.220. The van der Waals surface area contributed by atoms with Crippen molar-refractivity contribution >= 4 is 43.2 Å². The first-order valence-corrected chi connectivity index (χ1v) is 6.55. The molecule has 0 saturated heterocycles. The maximum atomic E-state index is 8.99. The van der Waals surface area contributed by atoms with E-state index in [2.05, 4.69) is 43.2 Å². The van der Waals surface area contributed by atoms with E-state index in [1.165, 1.54) is 0 Å². The maximum absolute atomic E-state index is 8.99. The van der Waals surface area contributed by atoms with Gasteiger partial charge in [0.25, 0.3) is 0 Å². The molecule has 1 aromatic rings. The van der Waals surface area contributed by atoms with Gasteiger partial charge in [0.05, 0.1) is 9.86 Å². The lowest BCUT2D eigenvalue weighted by Gasteiger charge is -2.12. The van der Waals surface area contributed by atoms with Crippen molar-refractivity contribution < 1.29 is 0 Å². The summed E-state index contributed by atoms with van der Waals surface area (Å²) in [6.07, 6.45) is 0. The molecule has 0 aliphatic rings. The first-order valence-electron chi connectivity index (χ1n) is 4.15. The number of nitrogens with zero attached hydrogens (tertiary/aromatic N) is 1. The molecule has 0 aromatic carbocycles. The van der Waals surface area contributed by atoms with Gasteiger partial charge in [-0.25, -0.2) is 0 Å². The van der Waals surface area contributed by atoms with E-state index in [0.717, 1.165) is 13.1 Å². The molecular formula is C9H10Br2N2S. The predicted octanol–water partition coefficient (Wildman–Crippen LogP) is 3.84. The molecule has 1 N–H and O–H groups in total. The lowest BCUT2D eigenvalue weighted by atomic mass is 10.2. The van der Waals surface area contributed by atoms with Crippen molar-refractivity contribution in [2.24, 2.45) is 0 Å². The van der Waals surface area contributed by atoms with Gasteiger partial charge in [0.1, 0.15) is 6.04 Å². The van der Waals surface area contributed by atoms with Crippen LogP contribution < -0.4 is 5.32 Å². The number of halogens is 2. The highest BCUT2D eigenvalue weighted by Gasteiger charge is 2.15. The SMILES string of the molecule is CC(C)NC(C#N)c1cc(Br)c(Br)s1. The van der Waals surface area contributed by atoms with Crippen molar-refractivity contribution in [1.82, 2.24) is 5.32 Å². The van der Waals surface area contributed by atoms with Crippen molar-refractivity contribution in [2.45, 2.75) is 25.9 Å². The second-order valence-corrected chi connectivity index (χ2v) is 6.41. The number of thiophene rings is 1. The van der Waals surface area contributed by atoms with E-state index in [1.54, 1.807) is 11.3 Å². The summed E-state index contributed by atoms with van der Waals surface area (Å²) in [6, 6.07) is 4.30. The van der Waals surface area contributed by atoms with Crippen molar-refractivity contribution in [1.29, 1.82) is 5.26 Å². The van der Waals surface area contributed by atoms with Crippen LogP contribution in [0, 0.1) is 11.3 Å². The average molecular weight is 338 g/mol. The highest BCUT2D eigenvalue weighted by atomic mass is 79.9. The Hall–Kier alpha value is 0.110. The highest BCUT2D eigenvalue weighted by Crippen LogP contribution is 2.35. The molecule has 0 fully saturated rings. The molecule has 0 saturated carbocycles. The molecular weight excluding hydrogens is 328 g/mol. The van der Waals surface area contributed by atoms with Crippen molar-refractivity contribution in [3.05, 3.63) is 19.2 Å². The van der Waals surface area contributed by atoms with Gasteiger partial charge in [-0.1, -0.05) is 0 Å². The summed E-state index contributed by atoms with van der Waals surface area (Å²) < 4.78 is 2.03. The Morgan fingerprint density at radius 2 is 2.14 bits per heavy atom. The number of rotatable bonds is 3. The minimum Gasteiger partial charge on any atom is -0.295 e. The molecule has 0 bridgehead atoms. The molecule has 76 valence electrons. The summed E-state index contributed by atoms with van der Waals surface area (Å²) in [5.74, 6) is 0. The lowest BCUT2D eigenvalue weighted by Crippen LogP contribution is -2.26.